The average molecular weight is 280 g/mol. The summed E-state index contributed by atoms with van der Waals surface area (Å²) in [4.78, 5) is 18.6. The van der Waals surface area contributed by atoms with Crippen LogP contribution in [-0.2, 0) is 0 Å². The fourth-order valence-electron chi connectivity index (χ4n) is 2.32. The second-order valence-corrected chi connectivity index (χ2v) is 5.01. The SMILES string of the molecule is Cc1cc2ncc(C(=O)N(C)c3ccccc3)c(C)n2n1. The highest BCUT2D eigenvalue weighted by atomic mass is 16.2. The molecule has 0 radical (unpaired) electrons. The molecule has 21 heavy (non-hydrogen) atoms. The summed E-state index contributed by atoms with van der Waals surface area (Å²) in [6.07, 6.45) is 1.62. The average Bonchev–Trinajstić information content (AvgIpc) is 2.89. The van der Waals surface area contributed by atoms with Crippen LogP contribution in [0.2, 0.25) is 0 Å². The summed E-state index contributed by atoms with van der Waals surface area (Å²) in [6, 6.07) is 11.4. The number of anilines is 1. The van der Waals surface area contributed by atoms with Gasteiger partial charge in [-0.05, 0) is 26.0 Å². The van der Waals surface area contributed by atoms with Gasteiger partial charge in [-0.3, -0.25) is 4.79 Å². The number of hydrogen-bond donors (Lipinski definition) is 0. The smallest absolute Gasteiger partial charge is 0.261 e. The van der Waals surface area contributed by atoms with Crippen molar-refractivity contribution in [2.24, 2.45) is 0 Å². The van der Waals surface area contributed by atoms with Gasteiger partial charge in [-0.2, -0.15) is 5.10 Å². The predicted octanol–water partition coefficient (Wildman–Crippen LogP) is 2.62. The third-order valence-electron chi connectivity index (χ3n) is 3.52. The van der Waals surface area contributed by atoms with Crippen LogP contribution < -0.4 is 4.90 Å². The van der Waals surface area contributed by atoms with Crippen LogP contribution in [0.15, 0.2) is 42.6 Å². The van der Waals surface area contributed by atoms with E-state index in [0.717, 1.165) is 22.7 Å². The van der Waals surface area contributed by atoms with Gasteiger partial charge < -0.3 is 4.90 Å². The van der Waals surface area contributed by atoms with Crippen LogP contribution in [-0.4, -0.2) is 27.6 Å². The Morgan fingerprint density at radius 2 is 1.90 bits per heavy atom. The van der Waals surface area contributed by atoms with Gasteiger partial charge in [0.25, 0.3) is 5.91 Å². The number of rotatable bonds is 2. The molecule has 0 N–H and O–H groups in total. The third kappa shape index (κ3) is 2.27. The van der Waals surface area contributed by atoms with Crippen molar-refractivity contribution in [2.45, 2.75) is 13.8 Å². The molecule has 0 atom stereocenters. The lowest BCUT2D eigenvalue weighted by Crippen LogP contribution is -2.27. The summed E-state index contributed by atoms with van der Waals surface area (Å²) in [5.41, 5.74) is 3.83. The minimum absolute atomic E-state index is 0.0961. The predicted molar refractivity (Wildman–Crippen MR) is 81.6 cm³/mol. The zero-order chi connectivity index (χ0) is 15.0. The molecule has 1 amide bonds. The highest BCUT2D eigenvalue weighted by Gasteiger charge is 2.18. The van der Waals surface area contributed by atoms with Crippen LogP contribution in [0.5, 0.6) is 0 Å². The first-order chi connectivity index (χ1) is 10.1. The number of hydrogen-bond acceptors (Lipinski definition) is 3. The zero-order valence-electron chi connectivity index (χ0n) is 12.2. The van der Waals surface area contributed by atoms with Crippen LogP contribution in [0, 0.1) is 13.8 Å². The molecule has 3 aromatic rings. The van der Waals surface area contributed by atoms with Crippen LogP contribution in [0.3, 0.4) is 0 Å². The Balaban J connectivity index is 2.04. The van der Waals surface area contributed by atoms with Gasteiger partial charge in [-0.1, -0.05) is 18.2 Å². The van der Waals surface area contributed by atoms with Crippen molar-refractivity contribution in [1.29, 1.82) is 0 Å². The molecule has 5 heteroatoms. The molecule has 0 aliphatic rings. The van der Waals surface area contributed by atoms with E-state index >= 15 is 0 Å². The summed E-state index contributed by atoms with van der Waals surface area (Å²) in [5, 5.41) is 4.37. The van der Waals surface area contributed by atoms with Crippen molar-refractivity contribution in [3.8, 4) is 0 Å². The Morgan fingerprint density at radius 3 is 2.62 bits per heavy atom. The van der Waals surface area contributed by atoms with Crippen molar-refractivity contribution < 1.29 is 4.79 Å². The zero-order valence-corrected chi connectivity index (χ0v) is 12.2. The molecule has 0 saturated heterocycles. The van der Waals surface area contributed by atoms with Gasteiger partial charge in [0.05, 0.1) is 17.0 Å². The molecule has 0 unspecified atom stereocenters. The van der Waals surface area contributed by atoms with E-state index in [2.05, 4.69) is 10.1 Å². The minimum Gasteiger partial charge on any atom is -0.311 e. The monoisotopic (exact) mass is 280 g/mol. The van der Waals surface area contributed by atoms with Gasteiger partial charge in [-0.15, -0.1) is 0 Å². The molecule has 0 saturated carbocycles. The number of aryl methyl sites for hydroxylation is 2. The van der Waals surface area contributed by atoms with E-state index in [-0.39, 0.29) is 5.91 Å². The molecule has 1 aromatic carbocycles. The van der Waals surface area contributed by atoms with Crippen LogP contribution in [0.1, 0.15) is 21.7 Å². The highest BCUT2D eigenvalue weighted by Crippen LogP contribution is 2.17. The standard InChI is InChI=1S/C16H16N4O/c1-11-9-15-17-10-14(12(2)20(15)18-11)16(21)19(3)13-7-5-4-6-8-13/h4-10H,1-3H3. The molecule has 0 aliphatic carbocycles. The minimum atomic E-state index is -0.0961. The van der Waals surface area contributed by atoms with E-state index in [9.17, 15) is 4.79 Å². The van der Waals surface area contributed by atoms with Gasteiger partial charge in [-0.25, -0.2) is 9.50 Å². The van der Waals surface area contributed by atoms with Gasteiger partial charge in [0.1, 0.15) is 0 Å². The van der Waals surface area contributed by atoms with Crippen molar-refractivity contribution in [1.82, 2.24) is 14.6 Å². The van der Waals surface area contributed by atoms with E-state index in [4.69, 9.17) is 0 Å². The molecule has 3 rings (SSSR count). The van der Waals surface area contributed by atoms with Gasteiger partial charge in [0.15, 0.2) is 5.65 Å². The van der Waals surface area contributed by atoms with Gasteiger partial charge in [0, 0.05) is 25.0 Å². The summed E-state index contributed by atoms with van der Waals surface area (Å²) < 4.78 is 1.71. The molecule has 0 spiro atoms. The summed E-state index contributed by atoms with van der Waals surface area (Å²) in [5.74, 6) is -0.0961. The first-order valence-electron chi connectivity index (χ1n) is 6.73. The quantitative estimate of drug-likeness (QED) is 0.725. The molecule has 2 heterocycles. The van der Waals surface area contributed by atoms with Crippen molar-refractivity contribution in [3.05, 3.63) is 59.5 Å². The second-order valence-electron chi connectivity index (χ2n) is 5.01. The molecule has 0 fully saturated rings. The lowest BCUT2D eigenvalue weighted by Gasteiger charge is -2.18. The fourth-order valence-corrected chi connectivity index (χ4v) is 2.32. The number of aromatic nitrogens is 3. The Labute approximate surface area is 122 Å². The van der Waals surface area contributed by atoms with Crippen LogP contribution >= 0.6 is 0 Å². The maximum Gasteiger partial charge on any atom is 0.261 e. The highest BCUT2D eigenvalue weighted by molar-refractivity contribution is 6.06. The summed E-state index contributed by atoms with van der Waals surface area (Å²) in [7, 11) is 1.76. The molecule has 0 aliphatic heterocycles. The number of benzene rings is 1. The summed E-state index contributed by atoms with van der Waals surface area (Å²) >= 11 is 0. The van der Waals surface area contributed by atoms with Crippen molar-refractivity contribution in [2.75, 3.05) is 11.9 Å². The number of nitrogens with zero attached hydrogens (tertiary/aromatic N) is 4. The first kappa shape index (κ1) is 13.3. The van der Waals surface area contributed by atoms with Crippen LogP contribution in [0.25, 0.3) is 5.65 Å². The lowest BCUT2D eigenvalue weighted by atomic mass is 10.2. The maximum atomic E-state index is 12.7. The lowest BCUT2D eigenvalue weighted by molar-refractivity contribution is 0.0991. The van der Waals surface area contributed by atoms with Gasteiger partial charge >= 0.3 is 0 Å². The molecular weight excluding hydrogens is 264 g/mol. The van der Waals surface area contributed by atoms with Crippen LogP contribution in [0.4, 0.5) is 5.69 Å². The first-order valence-corrected chi connectivity index (χ1v) is 6.73. The largest absolute Gasteiger partial charge is 0.311 e. The molecule has 2 aromatic heterocycles. The Hall–Kier alpha value is -2.69. The second kappa shape index (κ2) is 5.01. The molecule has 0 bridgehead atoms. The van der Waals surface area contributed by atoms with Crippen molar-refractivity contribution >= 4 is 17.2 Å². The Kier molecular flexibility index (Phi) is 3.17. The van der Waals surface area contributed by atoms with E-state index in [1.807, 2.05) is 50.2 Å². The summed E-state index contributed by atoms with van der Waals surface area (Å²) in [6.45, 7) is 3.79. The van der Waals surface area contributed by atoms with Gasteiger partial charge in [0.2, 0.25) is 0 Å². The van der Waals surface area contributed by atoms with E-state index in [1.54, 1.807) is 22.7 Å². The topological polar surface area (TPSA) is 50.5 Å². The molecular formula is C16H16N4O. The number of para-hydroxylation sites is 1. The van der Waals surface area contributed by atoms with E-state index in [1.165, 1.54) is 0 Å². The fraction of sp³-hybridized carbons (Fsp3) is 0.188. The van der Waals surface area contributed by atoms with E-state index in [0.29, 0.717) is 5.56 Å². The molecule has 106 valence electrons. The number of fused-ring (bicyclic) bond motifs is 1. The Bertz CT molecular complexity index is 808. The number of carbonyl (C=O) groups is 1. The van der Waals surface area contributed by atoms with E-state index < -0.39 is 0 Å². The Morgan fingerprint density at radius 1 is 1.19 bits per heavy atom. The van der Waals surface area contributed by atoms with Crippen molar-refractivity contribution in [3.63, 3.8) is 0 Å². The number of amides is 1. The normalized spacial score (nSPS) is 10.8. The maximum absolute atomic E-state index is 12.7. The third-order valence-corrected chi connectivity index (χ3v) is 3.52. The molecule has 5 nitrogen and oxygen atoms in total. The number of carbonyl (C=O) groups excluding carboxylic acids is 1.